The second-order valence-electron chi connectivity index (χ2n) is 5.89. The van der Waals surface area contributed by atoms with Crippen LogP contribution in [0.2, 0.25) is 0 Å². The quantitative estimate of drug-likeness (QED) is 0.292. The predicted molar refractivity (Wildman–Crippen MR) is 134 cm³/mol. The van der Waals surface area contributed by atoms with Crippen LogP contribution in [-0.2, 0) is 25.7 Å². The van der Waals surface area contributed by atoms with Crippen molar-refractivity contribution in [2.45, 2.75) is 53.4 Å². The molecule has 0 atom stereocenters. The van der Waals surface area contributed by atoms with E-state index in [1.54, 1.807) is 0 Å². The van der Waals surface area contributed by atoms with Crippen LogP contribution in [0.1, 0.15) is 50.5 Å². The number of aromatic amines is 3. The highest BCUT2D eigenvalue weighted by Gasteiger charge is 1.92. The molecule has 0 radical (unpaired) electrons. The first-order valence-electron chi connectivity index (χ1n) is 10.2. The number of hydrogen-bond acceptors (Lipinski definition) is 0. The van der Waals surface area contributed by atoms with Crippen molar-refractivity contribution < 1.29 is 17.7 Å². The van der Waals surface area contributed by atoms with Crippen LogP contribution in [0.25, 0.3) is 0 Å². The van der Waals surface area contributed by atoms with Gasteiger partial charge in [0.05, 0.1) is 14.1 Å². The summed E-state index contributed by atoms with van der Waals surface area (Å²) in [4.78, 5) is 11.5. The zero-order chi connectivity index (χ0) is 21.6. The molecule has 4 nitrogen and oxygen atoms in total. The lowest BCUT2D eigenvalue weighted by atomic mass is 10.3. The number of rotatable bonds is 4. The van der Waals surface area contributed by atoms with Crippen molar-refractivity contribution in [3.05, 3.63) is 71.6 Å². The zero-order valence-electron chi connectivity index (χ0n) is 19.3. The Bertz CT molecular complexity index is 536. The number of halogens is 2. The fourth-order valence-corrected chi connectivity index (χ4v) is 2.08. The average Bonchev–Trinajstić information content (AvgIpc) is 3.53. The van der Waals surface area contributed by atoms with Gasteiger partial charge in [0, 0.05) is 35.2 Å². The Morgan fingerprint density at radius 1 is 0.655 bits per heavy atom. The van der Waals surface area contributed by atoms with Gasteiger partial charge in [0.1, 0.15) is 0 Å². The minimum absolute atomic E-state index is 0. The van der Waals surface area contributed by atoms with Crippen molar-refractivity contribution in [3.8, 4) is 0 Å². The smallest absolute Gasteiger partial charge is 0.0647 e. The summed E-state index contributed by atoms with van der Waals surface area (Å²) < 4.78 is 0. The molecule has 3 aromatic rings. The Balaban J connectivity index is -0.000000318. The summed E-state index contributed by atoms with van der Waals surface area (Å²) >= 11 is 2.15. The number of aromatic nitrogens is 3. The van der Waals surface area contributed by atoms with Crippen molar-refractivity contribution in [2.24, 2.45) is 0 Å². The second-order valence-corrected chi connectivity index (χ2v) is 5.89. The summed E-state index contributed by atoms with van der Waals surface area (Å²) in [6.45, 7) is 8.63. The molecule has 0 unspecified atom stereocenters. The molecule has 3 heterocycles. The standard InChI is InChI=1S/2C8H13N.C4H5N.C2H7N.CH3I.ClH/c2*1-3-7-5-6-8(4-2)9-7;1-2-4-5-3-1;1-3-2;1-2;/h2*5-6,9H,3-4H2,1-2H3;1-5H;3H,1-2H3;1H3;1H. The van der Waals surface area contributed by atoms with Gasteiger partial charge < -0.3 is 32.7 Å². The third kappa shape index (κ3) is 18.6. The molecule has 5 N–H and O–H groups in total. The Morgan fingerprint density at radius 2 is 0.897 bits per heavy atom. The number of nitrogens with two attached hydrogens (primary N) is 1. The summed E-state index contributed by atoms with van der Waals surface area (Å²) in [6.07, 6.45) is 8.19. The van der Waals surface area contributed by atoms with Crippen LogP contribution in [-0.4, -0.2) is 34.0 Å². The lowest BCUT2D eigenvalue weighted by Crippen LogP contribution is -3.00. The van der Waals surface area contributed by atoms with E-state index < -0.39 is 0 Å². The Labute approximate surface area is 198 Å². The van der Waals surface area contributed by atoms with E-state index in [2.05, 4.69) is 89.5 Å². The number of nitrogens with one attached hydrogen (secondary N) is 3. The van der Waals surface area contributed by atoms with Gasteiger partial charge in [0.2, 0.25) is 0 Å². The molecule has 3 rings (SSSR count). The van der Waals surface area contributed by atoms with Gasteiger partial charge in [-0.25, -0.2) is 0 Å². The van der Waals surface area contributed by atoms with Crippen LogP contribution in [0.15, 0.2) is 48.8 Å². The maximum absolute atomic E-state index is 3.31. The SMILES string of the molecule is CCc1ccc(CC)[nH]1.CCc1ccc(CC)[nH]1.CI.C[NH2+]C.[Cl-].c1cc[nH]c1. The van der Waals surface area contributed by atoms with Crippen molar-refractivity contribution >= 4 is 22.6 Å². The van der Waals surface area contributed by atoms with Gasteiger partial charge >= 0.3 is 0 Å². The third-order valence-corrected chi connectivity index (χ3v) is 3.63. The van der Waals surface area contributed by atoms with E-state index in [4.69, 9.17) is 0 Å². The Kier molecular flexibility index (Phi) is 27.8. The number of alkyl halides is 1. The van der Waals surface area contributed by atoms with Crippen molar-refractivity contribution in [3.63, 3.8) is 0 Å². The molecule has 0 amide bonds. The molecule has 3 aromatic heterocycles. The summed E-state index contributed by atoms with van der Waals surface area (Å²) in [5.74, 6) is 0. The van der Waals surface area contributed by atoms with E-state index in [1.165, 1.54) is 22.8 Å². The second kappa shape index (κ2) is 24.9. The number of H-pyrrole nitrogens is 3. The van der Waals surface area contributed by atoms with E-state index in [0.717, 1.165) is 25.7 Å². The first-order chi connectivity index (χ1) is 13.6. The fourth-order valence-electron chi connectivity index (χ4n) is 2.08. The maximum Gasteiger partial charge on any atom is 0.0647 e. The van der Waals surface area contributed by atoms with Crippen molar-refractivity contribution in [1.82, 2.24) is 15.0 Å². The Hall–Kier alpha value is -1.18. The van der Waals surface area contributed by atoms with E-state index >= 15 is 0 Å². The van der Waals surface area contributed by atoms with E-state index in [1.807, 2.05) is 48.9 Å². The molecule has 0 aromatic carbocycles. The molecule has 168 valence electrons. The third-order valence-electron chi connectivity index (χ3n) is 3.63. The summed E-state index contributed by atoms with van der Waals surface area (Å²) in [6, 6.07) is 12.5. The molecule has 0 spiro atoms. The highest BCUT2D eigenvalue weighted by molar-refractivity contribution is 14.1. The van der Waals surface area contributed by atoms with Gasteiger partial charge in [-0.05, 0) is 67.0 Å². The number of hydrogen-bond donors (Lipinski definition) is 4. The fraction of sp³-hybridized carbons (Fsp3) is 0.478. The van der Waals surface area contributed by atoms with Crippen LogP contribution in [0.4, 0.5) is 0 Å². The van der Waals surface area contributed by atoms with Crippen molar-refractivity contribution in [2.75, 3.05) is 19.0 Å². The van der Waals surface area contributed by atoms with Crippen LogP contribution >= 0.6 is 22.6 Å². The number of aryl methyl sites for hydroxylation is 4. The molecular formula is C23H42ClIN4. The summed E-state index contributed by atoms with van der Waals surface area (Å²) in [7, 11) is 4.00. The molecule has 6 heteroatoms. The largest absolute Gasteiger partial charge is 1.00 e. The van der Waals surface area contributed by atoms with Gasteiger partial charge in [-0.3, -0.25) is 0 Å². The molecule has 0 aliphatic carbocycles. The van der Waals surface area contributed by atoms with Crippen LogP contribution in [0.3, 0.4) is 0 Å². The van der Waals surface area contributed by atoms with Gasteiger partial charge in [0.15, 0.2) is 0 Å². The highest BCUT2D eigenvalue weighted by atomic mass is 127. The van der Waals surface area contributed by atoms with E-state index in [-0.39, 0.29) is 12.4 Å². The first kappa shape index (κ1) is 32.5. The van der Waals surface area contributed by atoms with E-state index in [9.17, 15) is 0 Å². The van der Waals surface area contributed by atoms with Crippen LogP contribution in [0.5, 0.6) is 0 Å². The number of quaternary nitrogens is 1. The lowest BCUT2D eigenvalue weighted by Gasteiger charge is -1.88. The molecule has 29 heavy (non-hydrogen) atoms. The molecule has 0 saturated carbocycles. The van der Waals surface area contributed by atoms with E-state index in [0.29, 0.717) is 0 Å². The molecule has 0 fully saturated rings. The lowest BCUT2D eigenvalue weighted by molar-refractivity contribution is -0.597. The monoisotopic (exact) mass is 536 g/mol. The van der Waals surface area contributed by atoms with Crippen molar-refractivity contribution in [1.29, 1.82) is 0 Å². The highest BCUT2D eigenvalue weighted by Crippen LogP contribution is 2.02. The van der Waals surface area contributed by atoms with Crippen LogP contribution in [0, 0.1) is 0 Å². The normalized spacial score (nSPS) is 8.41. The Morgan fingerprint density at radius 3 is 1.00 bits per heavy atom. The minimum Gasteiger partial charge on any atom is -1.00 e. The molecule has 0 saturated heterocycles. The average molecular weight is 537 g/mol. The molecule has 0 bridgehead atoms. The zero-order valence-corrected chi connectivity index (χ0v) is 22.2. The van der Waals surface area contributed by atoms with Gasteiger partial charge in [-0.15, -0.1) is 0 Å². The summed E-state index contributed by atoms with van der Waals surface area (Å²) in [5.41, 5.74) is 5.36. The minimum atomic E-state index is 0. The van der Waals surface area contributed by atoms with Gasteiger partial charge in [-0.1, -0.05) is 50.3 Å². The maximum atomic E-state index is 3.31. The van der Waals surface area contributed by atoms with Gasteiger partial charge in [-0.2, -0.15) is 0 Å². The topological polar surface area (TPSA) is 64.0 Å². The summed E-state index contributed by atoms with van der Waals surface area (Å²) in [5, 5.41) is 2.00. The molecular weight excluding hydrogens is 495 g/mol. The molecule has 0 aliphatic rings. The van der Waals surface area contributed by atoms with Gasteiger partial charge in [0.25, 0.3) is 0 Å². The van der Waals surface area contributed by atoms with Crippen LogP contribution < -0.4 is 17.7 Å². The predicted octanol–water partition coefficient (Wildman–Crippen LogP) is 2.16. The first-order valence-corrected chi connectivity index (χ1v) is 12.3. The molecule has 0 aliphatic heterocycles.